The summed E-state index contributed by atoms with van der Waals surface area (Å²) in [5, 5.41) is 14.9. The molecule has 4 nitrogen and oxygen atoms in total. The number of non-ortho nitro benzene ring substituents is 1. The summed E-state index contributed by atoms with van der Waals surface area (Å²) >= 11 is 6.20. The van der Waals surface area contributed by atoms with Crippen molar-refractivity contribution in [2.24, 2.45) is 0 Å². The molecule has 0 atom stereocenters. The summed E-state index contributed by atoms with van der Waals surface area (Å²) in [6.45, 7) is 3.72. The molecule has 2 aromatic rings. The summed E-state index contributed by atoms with van der Waals surface area (Å²) in [5.41, 5.74) is 2.83. The predicted octanol–water partition coefficient (Wildman–Crippen LogP) is 4.41. The molecule has 0 aliphatic heterocycles. The van der Waals surface area contributed by atoms with Gasteiger partial charge < -0.3 is 5.32 Å². The lowest BCUT2D eigenvalue weighted by atomic mass is 10.0. The largest absolute Gasteiger partial charge is 0.313 e. The summed E-state index contributed by atoms with van der Waals surface area (Å²) in [4.78, 5) is 10.5. The summed E-state index contributed by atoms with van der Waals surface area (Å²) in [5.74, 6) is 0. The van der Waals surface area contributed by atoms with Gasteiger partial charge in [0, 0.05) is 23.7 Å². The summed E-state index contributed by atoms with van der Waals surface area (Å²) in [6, 6.07) is 12.3. The molecule has 2 aromatic carbocycles. The molecular formula is C16H17ClN2O2. The lowest BCUT2D eigenvalue weighted by Crippen LogP contribution is -2.14. The highest BCUT2D eigenvalue weighted by Crippen LogP contribution is 2.27. The van der Waals surface area contributed by atoms with E-state index in [1.807, 2.05) is 24.3 Å². The zero-order valence-electron chi connectivity index (χ0n) is 11.8. The maximum atomic E-state index is 10.9. The van der Waals surface area contributed by atoms with Crippen molar-refractivity contribution in [1.29, 1.82) is 0 Å². The first kappa shape index (κ1) is 15.5. The molecule has 0 unspecified atom stereocenters. The molecule has 0 amide bonds. The maximum absolute atomic E-state index is 10.9. The van der Waals surface area contributed by atoms with Crippen LogP contribution in [0.4, 0.5) is 5.69 Å². The number of halogens is 1. The van der Waals surface area contributed by atoms with Crippen molar-refractivity contribution in [2.45, 2.75) is 19.9 Å². The quantitative estimate of drug-likeness (QED) is 0.488. The highest BCUT2D eigenvalue weighted by atomic mass is 35.5. The van der Waals surface area contributed by atoms with Crippen LogP contribution in [-0.2, 0) is 6.54 Å². The highest BCUT2D eigenvalue weighted by molar-refractivity contribution is 6.31. The molecule has 0 saturated carbocycles. The molecule has 21 heavy (non-hydrogen) atoms. The van der Waals surface area contributed by atoms with Crippen LogP contribution in [0, 0.1) is 10.1 Å². The number of nitro benzene ring substituents is 1. The van der Waals surface area contributed by atoms with Crippen LogP contribution in [0.2, 0.25) is 5.02 Å². The zero-order valence-corrected chi connectivity index (χ0v) is 12.6. The third-order valence-corrected chi connectivity index (χ3v) is 3.55. The summed E-state index contributed by atoms with van der Waals surface area (Å²) < 4.78 is 0. The van der Waals surface area contributed by atoms with Crippen LogP contribution in [-0.4, -0.2) is 11.5 Å². The molecule has 1 N–H and O–H groups in total. The molecule has 0 aromatic heterocycles. The van der Waals surface area contributed by atoms with E-state index in [0.717, 1.165) is 29.7 Å². The minimum Gasteiger partial charge on any atom is -0.313 e. The standard InChI is InChI=1S/C16H17ClN2O2/c1-2-8-18-11-14-9-13(6-7-16(14)17)12-4-3-5-15(10-12)19(20)21/h3-7,9-10,18H,2,8,11H2,1H3. The van der Waals surface area contributed by atoms with Crippen LogP contribution in [0.5, 0.6) is 0 Å². The third-order valence-electron chi connectivity index (χ3n) is 3.18. The van der Waals surface area contributed by atoms with Gasteiger partial charge in [-0.3, -0.25) is 10.1 Å². The monoisotopic (exact) mass is 304 g/mol. The van der Waals surface area contributed by atoms with Gasteiger partial charge in [0.2, 0.25) is 0 Å². The molecule has 0 spiro atoms. The van der Waals surface area contributed by atoms with Crippen LogP contribution >= 0.6 is 11.6 Å². The first-order chi connectivity index (χ1) is 10.1. The normalized spacial score (nSPS) is 10.6. The number of hydrogen-bond acceptors (Lipinski definition) is 3. The van der Waals surface area contributed by atoms with Crippen LogP contribution < -0.4 is 5.32 Å². The van der Waals surface area contributed by atoms with Crippen molar-refractivity contribution in [3.63, 3.8) is 0 Å². The molecule has 0 saturated heterocycles. The Hall–Kier alpha value is -1.91. The summed E-state index contributed by atoms with van der Waals surface area (Å²) in [6.07, 6.45) is 1.06. The number of benzene rings is 2. The Morgan fingerprint density at radius 2 is 1.95 bits per heavy atom. The van der Waals surface area contributed by atoms with Crippen LogP contribution in [0.25, 0.3) is 11.1 Å². The Morgan fingerprint density at radius 3 is 2.67 bits per heavy atom. The second-order valence-corrected chi connectivity index (χ2v) is 5.20. The van der Waals surface area contributed by atoms with Gasteiger partial charge in [-0.05, 0) is 41.8 Å². The molecule has 0 fully saturated rings. The van der Waals surface area contributed by atoms with Gasteiger partial charge >= 0.3 is 0 Å². The maximum Gasteiger partial charge on any atom is 0.270 e. The second-order valence-electron chi connectivity index (χ2n) is 4.79. The van der Waals surface area contributed by atoms with Crippen molar-refractivity contribution in [3.8, 4) is 11.1 Å². The van der Waals surface area contributed by atoms with E-state index in [4.69, 9.17) is 11.6 Å². The van der Waals surface area contributed by atoms with Crippen LogP contribution in [0.15, 0.2) is 42.5 Å². The average molecular weight is 305 g/mol. The van der Waals surface area contributed by atoms with Gasteiger partial charge in [0.05, 0.1) is 4.92 Å². The second kappa shape index (κ2) is 7.20. The van der Waals surface area contributed by atoms with E-state index in [-0.39, 0.29) is 10.6 Å². The molecule has 0 aliphatic carbocycles. The lowest BCUT2D eigenvalue weighted by molar-refractivity contribution is -0.384. The Labute approximate surface area is 128 Å². The summed E-state index contributed by atoms with van der Waals surface area (Å²) in [7, 11) is 0. The van der Waals surface area contributed by atoms with E-state index in [9.17, 15) is 10.1 Å². The average Bonchev–Trinajstić information content (AvgIpc) is 2.49. The first-order valence-corrected chi connectivity index (χ1v) is 7.23. The fourth-order valence-corrected chi connectivity index (χ4v) is 2.27. The number of hydrogen-bond donors (Lipinski definition) is 1. The Kier molecular flexibility index (Phi) is 5.31. The van der Waals surface area contributed by atoms with E-state index < -0.39 is 0 Å². The molecule has 5 heteroatoms. The molecule has 0 aliphatic rings. The fourth-order valence-electron chi connectivity index (χ4n) is 2.09. The molecule has 110 valence electrons. The predicted molar refractivity (Wildman–Crippen MR) is 85.5 cm³/mol. The number of nitrogens with zero attached hydrogens (tertiary/aromatic N) is 1. The van der Waals surface area contributed by atoms with E-state index in [1.165, 1.54) is 6.07 Å². The van der Waals surface area contributed by atoms with Crippen LogP contribution in [0.3, 0.4) is 0 Å². The van der Waals surface area contributed by atoms with Gasteiger partial charge in [0.1, 0.15) is 0 Å². The zero-order chi connectivity index (χ0) is 15.2. The number of rotatable bonds is 6. The smallest absolute Gasteiger partial charge is 0.270 e. The van der Waals surface area contributed by atoms with Crippen molar-refractivity contribution >= 4 is 17.3 Å². The van der Waals surface area contributed by atoms with Crippen molar-refractivity contribution in [1.82, 2.24) is 5.32 Å². The number of nitro groups is 1. The van der Waals surface area contributed by atoms with Crippen molar-refractivity contribution < 1.29 is 4.92 Å². The molecule has 0 bridgehead atoms. The third kappa shape index (κ3) is 4.03. The Bertz CT molecular complexity index is 644. The van der Waals surface area contributed by atoms with E-state index in [2.05, 4.69) is 12.2 Å². The van der Waals surface area contributed by atoms with Crippen molar-refractivity contribution in [3.05, 3.63) is 63.2 Å². The molecule has 2 rings (SSSR count). The topological polar surface area (TPSA) is 55.2 Å². The minimum absolute atomic E-state index is 0.0908. The van der Waals surface area contributed by atoms with E-state index >= 15 is 0 Å². The first-order valence-electron chi connectivity index (χ1n) is 6.85. The minimum atomic E-state index is -0.386. The Morgan fingerprint density at radius 1 is 1.19 bits per heavy atom. The molecule has 0 radical (unpaired) electrons. The van der Waals surface area contributed by atoms with Gasteiger partial charge in [-0.1, -0.05) is 36.7 Å². The highest BCUT2D eigenvalue weighted by Gasteiger charge is 2.09. The fraction of sp³-hybridized carbons (Fsp3) is 0.250. The van der Waals surface area contributed by atoms with E-state index in [1.54, 1.807) is 12.1 Å². The van der Waals surface area contributed by atoms with Gasteiger partial charge in [-0.15, -0.1) is 0 Å². The van der Waals surface area contributed by atoms with Gasteiger partial charge in [-0.2, -0.15) is 0 Å². The molecule has 0 heterocycles. The van der Waals surface area contributed by atoms with Gasteiger partial charge in [0.25, 0.3) is 5.69 Å². The SMILES string of the molecule is CCCNCc1cc(-c2cccc([N+](=O)[O-])c2)ccc1Cl. The molecular weight excluding hydrogens is 288 g/mol. The lowest BCUT2D eigenvalue weighted by Gasteiger charge is -2.09. The van der Waals surface area contributed by atoms with E-state index in [0.29, 0.717) is 11.6 Å². The van der Waals surface area contributed by atoms with Crippen molar-refractivity contribution in [2.75, 3.05) is 6.54 Å². The number of nitrogens with one attached hydrogen (secondary N) is 1. The van der Waals surface area contributed by atoms with Gasteiger partial charge in [0.15, 0.2) is 0 Å². The van der Waals surface area contributed by atoms with Gasteiger partial charge in [-0.25, -0.2) is 0 Å². The van der Waals surface area contributed by atoms with Crippen LogP contribution in [0.1, 0.15) is 18.9 Å². The Balaban J connectivity index is 2.29.